The topological polar surface area (TPSA) is 69.2 Å². The molecule has 4 rings (SSSR count). The quantitative estimate of drug-likeness (QED) is 0.484. The summed E-state index contributed by atoms with van der Waals surface area (Å²) in [5.41, 5.74) is 3.97. The number of imidazole rings is 1. The van der Waals surface area contributed by atoms with E-state index in [0.29, 0.717) is 18.4 Å². The molecule has 2 heterocycles. The van der Waals surface area contributed by atoms with Crippen LogP contribution in [0.1, 0.15) is 37.8 Å². The standard InChI is InChI=1S/C23H24BN3O3/c1-3-6-17(13-22(28)29)27-20-8-5-4-7-19(20)26(23(27)30)14-15-11-16(24)12-21-18(15)9-10-25(21)2/h4-5,7-12,17H,3,6,13-14H2,1-2H3,(H,28,29). The highest BCUT2D eigenvalue weighted by Gasteiger charge is 2.22. The number of carboxylic acids is 1. The Hall–Kier alpha value is -3.22. The molecule has 1 atom stereocenters. The third kappa shape index (κ3) is 3.45. The lowest BCUT2D eigenvalue weighted by Gasteiger charge is -2.16. The molecule has 0 bridgehead atoms. The van der Waals surface area contributed by atoms with Crippen LogP contribution in [0, 0.1) is 0 Å². The molecule has 0 fully saturated rings. The third-order valence-corrected chi connectivity index (χ3v) is 5.71. The lowest BCUT2D eigenvalue weighted by Crippen LogP contribution is -2.29. The molecule has 0 amide bonds. The van der Waals surface area contributed by atoms with Crippen molar-refractivity contribution in [3.05, 3.63) is 64.7 Å². The number of rotatable bonds is 7. The van der Waals surface area contributed by atoms with Crippen molar-refractivity contribution in [1.82, 2.24) is 13.7 Å². The Morgan fingerprint density at radius 2 is 1.87 bits per heavy atom. The number of nitrogens with zero attached hydrogens (tertiary/aromatic N) is 3. The molecule has 0 saturated heterocycles. The minimum Gasteiger partial charge on any atom is -0.481 e. The maximum atomic E-state index is 13.5. The van der Waals surface area contributed by atoms with Crippen LogP contribution in [0.4, 0.5) is 0 Å². The zero-order chi connectivity index (χ0) is 21.4. The predicted octanol–water partition coefficient (Wildman–Crippen LogP) is 2.95. The van der Waals surface area contributed by atoms with Crippen molar-refractivity contribution in [3.63, 3.8) is 0 Å². The molecule has 0 aliphatic carbocycles. The molecule has 2 radical (unpaired) electrons. The zero-order valence-corrected chi connectivity index (χ0v) is 17.2. The second-order valence-electron chi connectivity index (χ2n) is 7.81. The van der Waals surface area contributed by atoms with Gasteiger partial charge in [-0.25, -0.2) is 4.79 Å². The number of aryl methyl sites for hydroxylation is 1. The average molecular weight is 401 g/mol. The van der Waals surface area contributed by atoms with Crippen LogP contribution in [0.3, 0.4) is 0 Å². The lowest BCUT2D eigenvalue weighted by molar-refractivity contribution is -0.137. The van der Waals surface area contributed by atoms with Crippen molar-refractivity contribution >= 4 is 41.2 Å². The molecule has 2 aromatic carbocycles. The predicted molar refractivity (Wildman–Crippen MR) is 120 cm³/mol. The Morgan fingerprint density at radius 3 is 2.57 bits per heavy atom. The van der Waals surface area contributed by atoms with Gasteiger partial charge in [-0.3, -0.25) is 13.9 Å². The summed E-state index contributed by atoms with van der Waals surface area (Å²) >= 11 is 0. The van der Waals surface area contributed by atoms with Crippen molar-refractivity contribution < 1.29 is 9.90 Å². The minimum absolute atomic E-state index is 0.0804. The van der Waals surface area contributed by atoms with Crippen molar-refractivity contribution in [3.8, 4) is 0 Å². The first-order valence-electron chi connectivity index (χ1n) is 10.2. The SMILES string of the molecule is [B]c1cc(Cn2c(=O)n(C(CCC)CC(=O)O)c3ccccc32)c2ccn(C)c2c1. The van der Waals surface area contributed by atoms with E-state index in [0.717, 1.165) is 33.9 Å². The smallest absolute Gasteiger partial charge is 0.329 e. The van der Waals surface area contributed by atoms with Gasteiger partial charge in [0, 0.05) is 30.2 Å². The van der Waals surface area contributed by atoms with Crippen LogP contribution in [-0.2, 0) is 18.4 Å². The molecule has 1 unspecified atom stereocenters. The number of aliphatic carboxylic acids is 1. The summed E-state index contributed by atoms with van der Waals surface area (Å²) in [6.07, 6.45) is 3.32. The summed E-state index contributed by atoms with van der Waals surface area (Å²) < 4.78 is 5.38. The molecule has 152 valence electrons. The molecular weight excluding hydrogens is 377 g/mol. The van der Waals surface area contributed by atoms with Crippen molar-refractivity contribution in [2.45, 2.75) is 38.8 Å². The largest absolute Gasteiger partial charge is 0.481 e. The Bertz CT molecular complexity index is 1300. The molecule has 0 saturated carbocycles. The highest BCUT2D eigenvalue weighted by atomic mass is 16.4. The summed E-state index contributed by atoms with van der Waals surface area (Å²) in [4.78, 5) is 25.0. The molecule has 1 N–H and O–H groups in total. The van der Waals surface area contributed by atoms with E-state index in [1.54, 1.807) is 9.13 Å². The number of hydrogen-bond acceptors (Lipinski definition) is 2. The van der Waals surface area contributed by atoms with E-state index >= 15 is 0 Å². The normalized spacial score (nSPS) is 12.6. The van der Waals surface area contributed by atoms with Gasteiger partial charge in [-0.1, -0.05) is 37.0 Å². The van der Waals surface area contributed by atoms with Crippen LogP contribution >= 0.6 is 0 Å². The molecule has 7 heteroatoms. The summed E-state index contributed by atoms with van der Waals surface area (Å²) in [5, 5.41) is 10.4. The van der Waals surface area contributed by atoms with E-state index in [4.69, 9.17) is 7.85 Å². The number of hydrogen-bond donors (Lipinski definition) is 1. The Morgan fingerprint density at radius 1 is 1.13 bits per heavy atom. The second-order valence-corrected chi connectivity index (χ2v) is 7.81. The highest BCUT2D eigenvalue weighted by Crippen LogP contribution is 2.25. The van der Waals surface area contributed by atoms with Gasteiger partial charge in [-0.05, 0) is 36.2 Å². The molecular formula is C23H24BN3O3. The summed E-state index contributed by atoms with van der Waals surface area (Å²) in [6.45, 7) is 2.36. The number of benzene rings is 2. The van der Waals surface area contributed by atoms with Crippen LogP contribution in [0.2, 0.25) is 0 Å². The van der Waals surface area contributed by atoms with Gasteiger partial charge in [0.1, 0.15) is 7.85 Å². The Balaban J connectivity index is 1.90. The third-order valence-electron chi connectivity index (χ3n) is 5.71. The van der Waals surface area contributed by atoms with Gasteiger partial charge in [0.2, 0.25) is 0 Å². The molecule has 6 nitrogen and oxygen atoms in total. The molecule has 0 aliphatic heterocycles. The number of para-hydroxylation sites is 2. The van der Waals surface area contributed by atoms with E-state index < -0.39 is 5.97 Å². The number of fused-ring (bicyclic) bond motifs is 2. The fourth-order valence-corrected chi connectivity index (χ4v) is 4.37. The first-order valence-corrected chi connectivity index (χ1v) is 10.2. The average Bonchev–Trinajstić information content (AvgIpc) is 3.19. The molecule has 4 aromatic rings. The Labute approximate surface area is 175 Å². The monoisotopic (exact) mass is 401 g/mol. The maximum Gasteiger partial charge on any atom is 0.329 e. The van der Waals surface area contributed by atoms with Gasteiger partial charge in [-0.15, -0.1) is 0 Å². The lowest BCUT2D eigenvalue weighted by atomic mass is 9.92. The molecule has 2 aromatic heterocycles. The highest BCUT2D eigenvalue weighted by molar-refractivity contribution is 6.33. The van der Waals surface area contributed by atoms with E-state index in [9.17, 15) is 14.7 Å². The van der Waals surface area contributed by atoms with Gasteiger partial charge < -0.3 is 9.67 Å². The van der Waals surface area contributed by atoms with Crippen LogP contribution in [0.5, 0.6) is 0 Å². The van der Waals surface area contributed by atoms with Gasteiger partial charge in [0.25, 0.3) is 0 Å². The summed E-state index contributed by atoms with van der Waals surface area (Å²) in [6, 6.07) is 13.0. The summed E-state index contributed by atoms with van der Waals surface area (Å²) in [5.74, 6) is -0.904. The van der Waals surface area contributed by atoms with Crippen molar-refractivity contribution in [2.24, 2.45) is 7.05 Å². The minimum atomic E-state index is -0.904. The van der Waals surface area contributed by atoms with Crippen LogP contribution in [-0.4, -0.2) is 32.6 Å². The fourth-order valence-electron chi connectivity index (χ4n) is 4.37. The van der Waals surface area contributed by atoms with Gasteiger partial charge in [0.05, 0.1) is 24.0 Å². The first kappa shape index (κ1) is 20.1. The molecule has 0 spiro atoms. The van der Waals surface area contributed by atoms with Crippen LogP contribution < -0.4 is 11.2 Å². The van der Waals surface area contributed by atoms with Crippen molar-refractivity contribution in [2.75, 3.05) is 0 Å². The van der Waals surface area contributed by atoms with Gasteiger partial charge in [-0.2, -0.15) is 0 Å². The fraction of sp³-hybridized carbons (Fsp3) is 0.304. The van der Waals surface area contributed by atoms with E-state index in [1.165, 1.54) is 0 Å². The number of carbonyl (C=O) groups is 1. The molecule has 30 heavy (non-hydrogen) atoms. The second kappa shape index (κ2) is 7.90. The van der Waals surface area contributed by atoms with E-state index in [2.05, 4.69) is 0 Å². The zero-order valence-electron chi connectivity index (χ0n) is 17.2. The van der Waals surface area contributed by atoms with Gasteiger partial charge >= 0.3 is 11.7 Å². The first-order chi connectivity index (χ1) is 14.4. The number of aromatic nitrogens is 3. The van der Waals surface area contributed by atoms with Crippen LogP contribution in [0.15, 0.2) is 53.5 Å². The maximum absolute atomic E-state index is 13.5. The van der Waals surface area contributed by atoms with E-state index in [-0.39, 0.29) is 18.2 Å². The number of carboxylic acid groups (broad SMARTS) is 1. The van der Waals surface area contributed by atoms with Crippen LogP contribution in [0.25, 0.3) is 21.9 Å². The van der Waals surface area contributed by atoms with Crippen molar-refractivity contribution in [1.29, 1.82) is 0 Å². The Kier molecular flexibility index (Phi) is 5.28. The summed E-state index contributed by atoms with van der Waals surface area (Å²) in [7, 11) is 8.10. The van der Waals surface area contributed by atoms with E-state index in [1.807, 2.05) is 67.2 Å². The molecule has 0 aliphatic rings. The van der Waals surface area contributed by atoms with Gasteiger partial charge in [0.15, 0.2) is 0 Å².